The summed E-state index contributed by atoms with van der Waals surface area (Å²) in [6.45, 7) is 0. The summed E-state index contributed by atoms with van der Waals surface area (Å²) >= 11 is 0. The molecule has 0 radical (unpaired) electrons. The first-order valence-corrected chi connectivity index (χ1v) is 10.0. The lowest BCUT2D eigenvalue weighted by molar-refractivity contribution is -0.132. The molecule has 34 heavy (non-hydrogen) atoms. The van der Waals surface area contributed by atoms with E-state index in [2.05, 4.69) is 0 Å². The van der Waals surface area contributed by atoms with Crippen molar-refractivity contribution in [2.45, 2.75) is 6.04 Å². The van der Waals surface area contributed by atoms with Crippen molar-refractivity contribution in [1.82, 2.24) is 0 Å². The third-order valence-corrected chi connectivity index (χ3v) is 5.47. The minimum atomic E-state index is -1.23. The molecule has 0 saturated carbocycles. The SMILES string of the molecule is COc1ccc(/C(O)=C2\C(=O)C(=O)N(c3ccc(F)c(F)c3)C2c2cccc(O)c2)cc1OC. The van der Waals surface area contributed by atoms with Gasteiger partial charge in [-0.2, -0.15) is 0 Å². The fourth-order valence-electron chi connectivity index (χ4n) is 3.88. The number of nitrogens with zero attached hydrogens (tertiary/aromatic N) is 1. The average molecular weight is 467 g/mol. The molecule has 3 aromatic carbocycles. The van der Waals surface area contributed by atoms with Gasteiger partial charge < -0.3 is 19.7 Å². The van der Waals surface area contributed by atoms with Crippen LogP contribution in [0.15, 0.2) is 66.2 Å². The van der Waals surface area contributed by atoms with Gasteiger partial charge in [0.2, 0.25) is 0 Å². The summed E-state index contributed by atoms with van der Waals surface area (Å²) in [5.41, 5.74) is 0.0327. The molecule has 1 fully saturated rings. The van der Waals surface area contributed by atoms with Crippen molar-refractivity contribution >= 4 is 23.1 Å². The van der Waals surface area contributed by atoms with E-state index in [1.807, 2.05) is 0 Å². The maximum absolute atomic E-state index is 14.0. The minimum Gasteiger partial charge on any atom is -0.508 e. The molecule has 0 spiro atoms. The predicted molar refractivity (Wildman–Crippen MR) is 119 cm³/mol. The number of hydrogen-bond acceptors (Lipinski definition) is 6. The van der Waals surface area contributed by atoms with Crippen LogP contribution in [0.3, 0.4) is 0 Å². The summed E-state index contributed by atoms with van der Waals surface area (Å²) in [6, 6.07) is 11.7. The Labute approximate surface area is 193 Å². The summed E-state index contributed by atoms with van der Waals surface area (Å²) in [7, 11) is 2.84. The molecule has 1 aliphatic heterocycles. The quantitative estimate of drug-likeness (QED) is 0.330. The first-order valence-electron chi connectivity index (χ1n) is 10.0. The molecule has 0 bridgehead atoms. The van der Waals surface area contributed by atoms with Crippen molar-refractivity contribution in [2.24, 2.45) is 0 Å². The van der Waals surface area contributed by atoms with Crippen molar-refractivity contribution in [3.63, 3.8) is 0 Å². The van der Waals surface area contributed by atoms with E-state index in [0.717, 1.165) is 23.1 Å². The van der Waals surface area contributed by atoms with Crippen LogP contribution in [0.2, 0.25) is 0 Å². The van der Waals surface area contributed by atoms with Crippen LogP contribution in [-0.2, 0) is 9.59 Å². The molecule has 1 unspecified atom stereocenters. The van der Waals surface area contributed by atoms with Crippen molar-refractivity contribution in [3.8, 4) is 17.2 Å². The number of halogens is 2. The Morgan fingerprint density at radius 2 is 1.65 bits per heavy atom. The molecule has 0 aliphatic carbocycles. The van der Waals surface area contributed by atoms with E-state index in [-0.39, 0.29) is 33.9 Å². The molecule has 1 atom stereocenters. The number of phenols is 1. The largest absolute Gasteiger partial charge is 0.508 e. The number of methoxy groups -OCH3 is 2. The van der Waals surface area contributed by atoms with Gasteiger partial charge in [0.15, 0.2) is 23.1 Å². The zero-order valence-corrected chi connectivity index (χ0v) is 18.1. The third-order valence-electron chi connectivity index (χ3n) is 5.47. The number of aliphatic hydroxyl groups is 1. The van der Waals surface area contributed by atoms with E-state index in [0.29, 0.717) is 5.75 Å². The molecule has 2 N–H and O–H groups in total. The summed E-state index contributed by atoms with van der Waals surface area (Å²) in [6.07, 6.45) is 0. The molecule has 4 rings (SSSR count). The highest BCUT2D eigenvalue weighted by Gasteiger charge is 2.47. The number of carbonyl (C=O) groups excluding carboxylic acids is 2. The summed E-state index contributed by atoms with van der Waals surface area (Å²) < 4.78 is 38.0. The highest BCUT2D eigenvalue weighted by atomic mass is 19.2. The molecule has 174 valence electrons. The van der Waals surface area contributed by atoms with Crippen LogP contribution in [-0.4, -0.2) is 36.1 Å². The molecular weight excluding hydrogens is 448 g/mol. The summed E-state index contributed by atoms with van der Waals surface area (Å²) in [4.78, 5) is 27.1. The van der Waals surface area contributed by atoms with Crippen LogP contribution in [0, 0.1) is 11.6 Å². The highest BCUT2D eigenvalue weighted by Crippen LogP contribution is 2.43. The van der Waals surface area contributed by atoms with E-state index in [1.165, 1.54) is 56.7 Å². The van der Waals surface area contributed by atoms with Crippen LogP contribution in [0.1, 0.15) is 17.2 Å². The summed E-state index contributed by atoms with van der Waals surface area (Å²) in [5, 5.41) is 21.1. The molecule has 1 aliphatic rings. The van der Waals surface area contributed by atoms with Crippen LogP contribution in [0.4, 0.5) is 14.5 Å². The second-order valence-electron chi connectivity index (χ2n) is 7.43. The fourth-order valence-corrected chi connectivity index (χ4v) is 3.88. The molecule has 0 aromatic heterocycles. The normalized spacial score (nSPS) is 17.2. The van der Waals surface area contributed by atoms with E-state index in [4.69, 9.17) is 9.47 Å². The number of amides is 1. The second kappa shape index (κ2) is 8.86. The van der Waals surface area contributed by atoms with E-state index in [1.54, 1.807) is 0 Å². The number of aliphatic hydroxyl groups excluding tert-OH is 1. The monoisotopic (exact) mass is 467 g/mol. The van der Waals surface area contributed by atoms with Gasteiger partial charge in [-0.1, -0.05) is 12.1 Å². The number of hydrogen-bond donors (Lipinski definition) is 2. The van der Waals surface area contributed by atoms with Crippen molar-refractivity contribution < 1.29 is 38.1 Å². The number of Topliss-reactive ketones (excluding diaryl/α,β-unsaturated/α-hetero) is 1. The van der Waals surface area contributed by atoms with Crippen LogP contribution >= 0.6 is 0 Å². The highest BCUT2D eigenvalue weighted by molar-refractivity contribution is 6.51. The second-order valence-corrected chi connectivity index (χ2v) is 7.43. The van der Waals surface area contributed by atoms with Crippen molar-refractivity contribution in [2.75, 3.05) is 19.1 Å². The maximum atomic E-state index is 14.0. The van der Waals surface area contributed by atoms with Gasteiger partial charge in [-0.25, -0.2) is 8.78 Å². The smallest absolute Gasteiger partial charge is 0.300 e. The Balaban J connectivity index is 1.96. The lowest BCUT2D eigenvalue weighted by Gasteiger charge is -2.25. The third kappa shape index (κ3) is 3.81. The van der Waals surface area contributed by atoms with Crippen molar-refractivity contribution in [1.29, 1.82) is 0 Å². The van der Waals surface area contributed by atoms with E-state index in [9.17, 15) is 28.6 Å². The Bertz CT molecular complexity index is 1340. The number of rotatable bonds is 5. The Morgan fingerprint density at radius 1 is 0.912 bits per heavy atom. The first kappa shape index (κ1) is 22.8. The summed E-state index contributed by atoms with van der Waals surface area (Å²) in [5.74, 6) is -4.45. The standard InChI is InChI=1S/C25H19F2NO6/c1-33-19-9-6-14(11-20(19)34-2)23(30)21-22(13-4-3-5-16(29)10-13)28(25(32)24(21)31)15-7-8-17(26)18(27)12-15/h3-12,22,29-30H,1-2H3/b23-21+. The molecule has 9 heteroatoms. The predicted octanol–water partition coefficient (Wildman–Crippen LogP) is 4.31. The Morgan fingerprint density at radius 3 is 2.29 bits per heavy atom. The van der Waals surface area contributed by atoms with Gasteiger partial charge in [-0.15, -0.1) is 0 Å². The number of anilines is 1. The van der Waals surface area contributed by atoms with E-state index < -0.39 is 35.1 Å². The lowest BCUT2D eigenvalue weighted by Crippen LogP contribution is -2.29. The van der Waals surface area contributed by atoms with Gasteiger partial charge in [0.1, 0.15) is 11.5 Å². The number of phenolic OH excluding ortho intramolecular Hbond substituents is 1. The molecule has 7 nitrogen and oxygen atoms in total. The van der Waals surface area contributed by atoms with Gasteiger partial charge in [0, 0.05) is 17.3 Å². The number of carbonyl (C=O) groups is 2. The van der Waals surface area contributed by atoms with Gasteiger partial charge in [0.25, 0.3) is 11.7 Å². The zero-order valence-electron chi connectivity index (χ0n) is 18.1. The van der Waals surface area contributed by atoms with Crippen LogP contribution < -0.4 is 14.4 Å². The lowest BCUT2D eigenvalue weighted by atomic mass is 9.95. The number of ketones is 1. The molecule has 3 aromatic rings. The molecule has 1 saturated heterocycles. The Hall–Kier alpha value is -4.40. The van der Waals surface area contributed by atoms with Gasteiger partial charge in [-0.3, -0.25) is 14.5 Å². The molecular formula is C25H19F2NO6. The number of ether oxygens (including phenoxy) is 2. The number of benzene rings is 3. The fraction of sp³-hybridized carbons (Fsp3) is 0.120. The topological polar surface area (TPSA) is 96.3 Å². The van der Waals surface area contributed by atoms with Gasteiger partial charge in [-0.05, 0) is 48.0 Å². The molecule has 1 amide bonds. The zero-order chi connectivity index (χ0) is 24.6. The average Bonchev–Trinajstić information content (AvgIpc) is 3.10. The van der Waals surface area contributed by atoms with Crippen molar-refractivity contribution in [3.05, 3.63) is 89.0 Å². The number of aromatic hydroxyl groups is 1. The minimum absolute atomic E-state index is 0.0966. The van der Waals surface area contributed by atoms with Crippen LogP contribution in [0.25, 0.3) is 5.76 Å². The Kier molecular flexibility index (Phi) is 5.93. The first-order chi connectivity index (χ1) is 16.3. The maximum Gasteiger partial charge on any atom is 0.300 e. The van der Waals surface area contributed by atoms with Gasteiger partial charge in [0.05, 0.1) is 25.8 Å². The molecule has 1 heterocycles. The van der Waals surface area contributed by atoms with Gasteiger partial charge >= 0.3 is 0 Å². The van der Waals surface area contributed by atoms with Crippen LogP contribution in [0.5, 0.6) is 17.2 Å². The van der Waals surface area contributed by atoms with E-state index >= 15 is 0 Å².